The minimum atomic E-state index is -0.209. The van der Waals surface area contributed by atoms with Gasteiger partial charge in [0.25, 0.3) is 0 Å². The maximum absolute atomic E-state index is 11.9. The number of rotatable bonds is 3. The third kappa shape index (κ3) is 2.32. The molecule has 1 amide bonds. The Labute approximate surface area is 90.8 Å². The van der Waals surface area contributed by atoms with Crippen molar-refractivity contribution in [2.24, 2.45) is 16.9 Å². The van der Waals surface area contributed by atoms with Crippen molar-refractivity contribution in [1.82, 2.24) is 5.32 Å². The van der Waals surface area contributed by atoms with Crippen LogP contribution in [-0.4, -0.2) is 24.5 Å². The fourth-order valence-electron chi connectivity index (χ4n) is 2.28. The Balaban J connectivity index is 1.79. The van der Waals surface area contributed by atoms with Crippen LogP contribution in [-0.2, 0) is 4.79 Å². The zero-order valence-corrected chi connectivity index (χ0v) is 9.17. The molecule has 0 bridgehead atoms. The van der Waals surface area contributed by atoms with E-state index in [9.17, 15) is 4.79 Å². The normalized spacial score (nSPS) is 33.5. The van der Waals surface area contributed by atoms with E-state index in [2.05, 4.69) is 5.32 Å². The van der Waals surface area contributed by atoms with Gasteiger partial charge < -0.3 is 16.8 Å². The van der Waals surface area contributed by atoms with E-state index in [-0.39, 0.29) is 11.3 Å². The van der Waals surface area contributed by atoms with Gasteiger partial charge in [-0.1, -0.05) is 0 Å². The summed E-state index contributed by atoms with van der Waals surface area (Å²) in [5.41, 5.74) is 11.2. The minimum Gasteiger partial charge on any atom is -0.353 e. The van der Waals surface area contributed by atoms with Crippen molar-refractivity contribution in [3.8, 4) is 0 Å². The highest BCUT2D eigenvalue weighted by atomic mass is 16.2. The summed E-state index contributed by atoms with van der Waals surface area (Å²) in [7, 11) is 0. The van der Waals surface area contributed by atoms with Crippen LogP contribution >= 0.6 is 0 Å². The first-order valence-corrected chi connectivity index (χ1v) is 5.93. The summed E-state index contributed by atoms with van der Waals surface area (Å²) < 4.78 is 0. The van der Waals surface area contributed by atoms with E-state index in [0.29, 0.717) is 18.6 Å². The van der Waals surface area contributed by atoms with Gasteiger partial charge in [0.05, 0.1) is 5.41 Å². The molecule has 0 unspecified atom stereocenters. The summed E-state index contributed by atoms with van der Waals surface area (Å²) in [5, 5.41) is 3.12. The molecule has 5 N–H and O–H groups in total. The van der Waals surface area contributed by atoms with Crippen LogP contribution in [0, 0.1) is 5.41 Å². The van der Waals surface area contributed by atoms with Crippen molar-refractivity contribution in [1.29, 1.82) is 0 Å². The zero-order chi connectivity index (χ0) is 10.9. The van der Waals surface area contributed by atoms with Gasteiger partial charge in [-0.15, -0.1) is 0 Å². The van der Waals surface area contributed by atoms with E-state index in [1.54, 1.807) is 0 Å². The van der Waals surface area contributed by atoms with Crippen LogP contribution in [0.4, 0.5) is 0 Å². The molecule has 15 heavy (non-hydrogen) atoms. The van der Waals surface area contributed by atoms with Crippen molar-refractivity contribution < 1.29 is 4.79 Å². The first-order chi connectivity index (χ1) is 7.16. The SMILES string of the molecule is NCC1(C(=O)NC2CCC(N)CC2)CC1. The second kappa shape index (κ2) is 4.10. The molecule has 0 radical (unpaired) electrons. The molecule has 0 aromatic carbocycles. The molecule has 86 valence electrons. The van der Waals surface area contributed by atoms with Crippen LogP contribution < -0.4 is 16.8 Å². The minimum absolute atomic E-state index is 0.172. The highest BCUT2D eigenvalue weighted by Crippen LogP contribution is 2.44. The standard InChI is InChI=1S/C11H21N3O/c12-7-11(5-6-11)10(15)14-9-3-1-8(13)2-4-9/h8-9H,1-7,12-13H2,(H,14,15). The van der Waals surface area contributed by atoms with Crippen molar-refractivity contribution in [3.63, 3.8) is 0 Å². The molecule has 0 saturated heterocycles. The molecule has 2 fully saturated rings. The molecule has 0 spiro atoms. The van der Waals surface area contributed by atoms with E-state index in [4.69, 9.17) is 11.5 Å². The molecule has 0 aromatic rings. The second-order valence-electron chi connectivity index (χ2n) is 5.07. The Bertz CT molecular complexity index is 242. The Morgan fingerprint density at radius 1 is 1.27 bits per heavy atom. The van der Waals surface area contributed by atoms with Gasteiger partial charge in [-0.2, -0.15) is 0 Å². The molecule has 0 atom stereocenters. The maximum atomic E-state index is 11.9. The van der Waals surface area contributed by atoms with Crippen molar-refractivity contribution in [3.05, 3.63) is 0 Å². The zero-order valence-electron chi connectivity index (χ0n) is 9.17. The van der Waals surface area contributed by atoms with Crippen LogP contribution in [0.2, 0.25) is 0 Å². The molecule has 4 nitrogen and oxygen atoms in total. The summed E-state index contributed by atoms with van der Waals surface area (Å²) >= 11 is 0. The predicted molar refractivity (Wildman–Crippen MR) is 59.1 cm³/mol. The lowest BCUT2D eigenvalue weighted by Crippen LogP contribution is -2.45. The van der Waals surface area contributed by atoms with Gasteiger partial charge in [0.15, 0.2) is 0 Å². The van der Waals surface area contributed by atoms with Crippen LogP contribution in [0.5, 0.6) is 0 Å². The highest BCUT2D eigenvalue weighted by Gasteiger charge is 2.48. The molecule has 0 heterocycles. The Hall–Kier alpha value is -0.610. The van der Waals surface area contributed by atoms with Crippen LogP contribution in [0.1, 0.15) is 38.5 Å². The highest BCUT2D eigenvalue weighted by molar-refractivity contribution is 5.85. The predicted octanol–water partition coefficient (Wildman–Crippen LogP) is 0.111. The smallest absolute Gasteiger partial charge is 0.227 e. The number of carbonyl (C=O) groups is 1. The monoisotopic (exact) mass is 211 g/mol. The second-order valence-corrected chi connectivity index (χ2v) is 5.07. The lowest BCUT2D eigenvalue weighted by molar-refractivity contribution is -0.126. The average Bonchev–Trinajstić information content (AvgIpc) is 3.02. The summed E-state index contributed by atoms with van der Waals surface area (Å²) in [6, 6.07) is 0.670. The van der Waals surface area contributed by atoms with E-state index in [1.165, 1.54) is 0 Å². The fraction of sp³-hybridized carbons (Fsp3) is 0.909. The molecule has 0 aliphatic heterocycles. The third-order valence-electron chi connectivity index (χ3n) is 3.83. The van der Waals surface area contributed by atoms with E-state index in [1.807, 2.05) is 0 Å². The first kappa shape index (κ1) is 10.9. The van der Waals surface area contributed by atoms with Crippen LogP contribution in [0.15, 0.2) is 0 Å². The van der Waals surface area contributed by atoms with Gasteiger partial charge in [0, 0.05) is 18.6 Å². The number of hydrogen-bond donors (Lipinski definition) is 3. The first-order valence-electron chi connectivity index (χ1n) is 5.93. The summed E-state index contributed by atoms with van der Waals surface area (Å²) in [6.07, 6.45) is 6.02. The van der Waals surface area contributed by atoms with Crippen molar-refractivity contribution in [2.75, 3.05) is 6.54 Å². The fourth-order valence-corrected chi connectivity index (χ4v) is 2.28. The lowest BCUT2D eigenvalue weighted by Gasteiger charge is -2.28. The molecular formula is C11H21N3O. The molecule has 4 heteroatoms. The molecule has 2 saturated carbocycles. The molecule has 0 aromatic heterocycles. The molecule has 2 aliphatic carbocycles. The van der Waals surface area contributed by atoms with Gasteiger partial charge in [0.2, 0.25) is 5.91 Å². The summed E-state index contributed by atoms with van der Waals surface area (Å²) in [6.45, 7) is 0.491. The van der Waals surface area contributed by atoms with Crippen molar-refractivity contribution >= 4 is 5.91 Å². The number of carbonyl (C=O) groups excluding carboxylic acids is 1. The van der Waals surface area contributed by atoms with Gasteiger partial charge in [0.1, 0.15) is 0 Å². The third-order valence-corrected chi connectivity index (χ3v) is 3.83. The van der Waals surface area contributed by atoms with Crippen LogP contribution in [0.25, 0.3) is 0 Å². The number of nitrogens with one attached hydrogen (secondary N) is 1. The quantitative estimate of drug-likeness (QED) is 0.620. The van der Waals surface area contributed by atoms with E-state index in [0.717, 1.165) is 38.5 Å². The van der Waals surface area contributed by atoms with E-state index >= 15 is 0 Å². The maximum Gasteiger partial charge on any atom is 0.227 e. The van der Waals surface area contributed by atoms with E-state index < -0.39 is 0 Å². The molecular weight excluding hydrogens is 190 g/mol. The Kier molecular flexibility index (Phi) is 2.98. The number of amides is 1. The molecule has 2 aliphatic rings. The Morgan fingerprint density at radius 2 is 1.87 bits per heavy atom. The van der Waals surface area contributed by atoms with Gasteiger partial charge >= 0.3 is 0 Å². The topological polar surface area (TPSA) is 81.1 Å². The number of nitrogens with two attached hydrogens (primary N) is 2. The largest absolute Gasteiger partial charge is 0.353 e. The van der Waals surface area contributed by atoms with Gasteiger partial charge in [-0.3, -0.25) is 4.79 Å². The number of hydrogen-bond acceptors (Lipinski definition) is 3. The Morgan fingerprint density at radius 3 is 2.33 bits per heavy atom. The average molecular weight is 211 g/mol. The van der Waals surface area contributed by atoms with Crippen LogP contribution in [0.3, 0.4) is 0 Å². The van der Waals surface area contributed by atoms with Gasteiger partial charge in [-0.05, 0) is 38.5 Å². The summed E-state index contributed by atoms with van der Waals surface area (Å²) in [5.74, 6) is 0.172. The molecule has 2 rings (SSSR count). The van der Waals surface area contributed by atoms with Gasteiger partial charge in [-0.25, -0.2) is 0 Å². The summed E-state index contributed by atoms with van der Waals surface area (Å²) in [4.78, 5) is 11.9. The van der Waals surface area contributed by atoms with Crippen molar-refractivity contribution in [2.45, 2.75) is 50.6 Å². The lowest BCUT2D eigenvalue weighted by atomic mass is 9.91.